The van der Waals surface area contributed by atoms with Crippen LogP contribution in [0.25, 0.3) is 0 Å². The third-order valence-electron chi connectivity index (χ3n) is 5.10. The summed E-state index contributed by atoms with van der Waals surface area (Å²) < 4.78 is 13.3. The number of ether oxygens (including phenoxy) is 2. The summed E-state index contributed by atoms with van der Waals surface area (Å²) >= 11 is 8.77. The predicted molar refractivity (Wildman–Crippen MR) is 94.1 cm³/mol. The lowest BCUT2D eigenvalue weighted by Crippen LogP contribution is -2.44. The fourth-order valence-electron chi connectivity index (χ4n) is 3.70. The Labute approximate surface area is 145 Å². The van der Waals surface area contributed by atoms with E-state index in [0.717, 1.165) is 23.4 Å². The van der Waals surface area contributed by atoms with Crippen LogP contribution in [0.5, 0.6) is 0 Å². The van der Waals surface area contributed by atoms with E-state index in [1.807, 2.05) is 24.3 Å². The molecule has 2 heterocycles. The monoisotopic (exact) mass is 420 g/mol. The van der Waals surface area contributed by atoms with Crippen LogP contribution in [-0.2, 0) is 16.1 Å². The van der Waals surface area contributed by atoms with Crippen LogP contribution in [0.2, 0.25) is 5.02 Å². The number of benzene rings is 1. The Morgan fingerprint density at radius 3 is 2.71 bits per heavy atom. The summed E-state index contributed by atoms with van der Waals surface area (Å²) in [4.78, 5) is 0. The third-order valence-corrected chi connectivity index (χ3v) is 6.96. The molecule has 4 atom stereocenters. The zero-order valence-electron chi connectivity index (χ0n) is 12.7. The molecule has 0 N–H and O–H groups in total. The van der Waals surface area contributed by atoms with E-state index in [9.17, 15) is 0 Å². The molecule has 21 heavy (non-hydrogen) atoms. The summed E-state index contributed by atoms with van der Waals surface area (Å²) in [5.41, 5.74) is 0.868. The van der Waals surface area contributed by atoms with E-state index in [2.05, 4.69) is 43.4 Å². The van der Waals surface area contributed by atoms with Crippen LogP contribution in [0.15, 0.2) is 24.3 Å². The molecule has 0 spiro atoms. The van der Waals surface area contributed by atoms with E-state index >= 15 is 0 Å². The summed E-state index contributed by atoms with van der Waals surface area (Å²) in [6, 6.07) is 7.89. The topological polar surface area (TPSA) is 18.5 Å². The van der Waals surface area contributed by atoms with E-state index in [1.54, 1.807) is 0 Å². The lowest BCUT2D eigenvalue weighted by atomic mass is 9.75. The molecule has 1 aromatic rings. The molecule has 2 saturated heterocycles. The van der Waals surface area contributed by atoms with Crippen LogP contribution < -0.4 is 0 Å². The van der Waals surface area contributed by atoms with Gasteiger partial charge in [0.2, 0.25) is 0 Å². The van der Waals surface area contributed by atoms with Gasteiger partial charge in [0, 0.05) is 15.4 Å². The maximum absolute atomic E-state index is 6.49. The minimum absolute atomic E-state index is 0.0273. The van der Waals surface area contributed by atoms with Gasteiger partial charge in [-0.2, -0.15) is 0 Å². The van der Waals surface area contributed by atoms with Gasteiger partial charge in [0.05, 0.1) is 23.9 Å². The minimum Gasteiger partial charge on any atom is -0.370 e. The Kier molecular flexibility index (Phi) is 4.32. The summed E-state index contributed by atoms with van der Waals surface area (Å²) in [6.07, 6.45) is 2.21. The van der Waals surface area contributed by atoms with Crippen molar-refractivity contribution in [1.82, 2.24) is 0 Å². The maximum Gasteiger partial charge on any atom is 0.0935 e. The average molecular weight is 421 g/mol. The molecule has 3 rings (SSSR count). The fraction of sp³-hybridized carbons (Fsp3) is 0.647. The quantitative estimate of drug-likeness (QED) is 0.504. The summed E-state index contributed by atoms with van der Waals surface area (Å²) in [5.74, 6) is 0.509. The van der Waals surface area contributed by atoms with Gasteiger partial charge in [-0.1, -0.05) is 66.2 Å². The van der Waals surface area contributed by atoms with Gasteiger partial charge in [-0.25, -0.2) is 0 Å². The van der Waals surface area contributed by atoms with Crippen molar-refractivity contribution < 1.29 is 9.47 Å². The van der Waals surface area contributed by atoms with Crippen LogP contribution in [0.3, 0.4) is 0 Å². The molecule has 0 aliphatic carbocycles. The first-order chi connectivity index (χ1) is 9.87. The van der Waals surface area contributed by atoms with Gasteiger partial charge >= 0.3 is 0 Å². The maximum atomic E-state index is 6.49. The summed E-state index contributed by atoms with van der Waals surface area (Å²) in [7, 11) is 0. The molecule has 116 valence electrons. The van der Waals surface area contributed by atoms with Gasteiger partial charge in [-0.15, -0.1) is 0 Å². The molecule has 4 heteroatoms. The first-order valence-corrected chi connectivity index (χ1v) is 9.19. The number of hydrogen-bond donors (Lipinski definition) is 0. The second kappa shape index (κ2) is 5.66. The van der Waals surface area contributed by atoms with Crippen molar-refractivity contribution in [3.8, 4) is 0 Å². The van der Waals surface area contributed by atoms with Crippen molar-refractivity contribution >= 4 is 34.2 Å². The van der Waals surface area contributed by atoms with Crippen molar-refractivity contribution in [2.24, 2.45) is 5.92 Å². The average Bonchev–Trinajstić information content (AvgIpc) is 2.86. The van der Waals surface area contributed by atoms with Gasteiger partial charge in [0.25, 0.3) is 0 Å². The van der Waals surface area contributed by atoms with Crippen LogP contribution in [-0.4, -0.2) is 21.2 Å². The van der Waals surface area contributed by atoms with Crippen LogP contribution in [0.4, 0.5) is 0 Å². The molecule has 2 aliphatic heterocycles. The molecule has 1 aromatic carbocycles. The molecule has 0 saturated carbocycles. The number of halogens is 2. The molecule has 2 nitrogen and oxygen atoms in total. The normalized spacial score (nSPS) is 38.4. The lowest BCUT2D eigenvalue weighted by molar-refractivity contribution is -0.0954. The van der Waals surface area contributed by atoms with Crippen LogP contribution in [0.1, 0.15) is 39.2 Å². The summed E-state index contributed by atoms with van der Waals surface area (Å²) in [5, 5.41) is 0.775. The van der Waals surface area contributed by atoms with Crippen molar-refractivity contribution in [3.63, 3.8) is 0 Å². The zero-order valence-corrected chi connectivity index (χ0v) is 15.6. The molecular formula is C17H22ClIO2. The van der Waals surface area contributed by atoms with Gasteiger partial charge in [0.1, 0.15) is 0 Å². The standard InChI is InChI=1S/C17H22ClIO2/c1-11(2)17-9-15(16(3,21-17)8-14(17)19)20-10-12-6-4-5-7-13(12)18/h4-7,11,14-15H,8-10H2,1-3H3/t14-,15+,16-,17+/m1/s1. The SMILES string of the molecule is CC(C)[C@@]12C[C@H](OCc3ccccc3Cl)[C@@](C)(C[C@H]1I)O2. The lowest BCUT2D eigenvalue weighted by Gasteiger charge is -2.35. The Morgan fingerprint density at radius 2 is 2.10 bits per heavy atom. The van der Waals surface area contributed by atoms with Crippen molar-refractivity contribution in [1.29, 1.82) is 0 Å². The molecule has 0 amide bonds. The first-order valence-electron chi connectivity index (χ1n) is 7.57. The predicted octanol–water partition coefficient (Wildman–Crippen LogP) is 5.01. The van der Waals surface area contributed by atoms with Crippen molar-refractivity contribution in [2.45, 2.75) is 61.5 Å². The first kappa shape index (κ1) is 16.0. The molecule has 2 fully saturated rings. The number of hydrogen-bond acceptors (Lipinski definition) is 2. The minimum atomic E-state index is -0.155. The number of rotatable bonds is 4. The molecule has 2 bridgehead atoms. The molecule has 0 aromatic heterocycles. The van der Waals surface area contributed by atoms with E-state index in [4.69, 9.17) is 21.1 Å². The second-order valence-corrected chi connectivity index (χ2v) is 8.70. The molecule has 0 unspecified atom stereocenters. The Morgan fingerprint density at radius 1 is 1.38 bits per heavy atom. The zero-order chi connectivity index (χ0) is 15.3. The largest absolute Gasteiger partial charge is 0.370 e. The Hall–Kier alpha value is 0.160. The highest BCUT2D eigenvalue weighted by molar-refractivity contribution is 14.1. The number of alkyl halides is 1. The third kappa shape index (κ3) is 2.64. The smallest absolute Gasteiger partial charge is 0.0935 e. The van der Waals surface area contributed by atoms with Gasteiger partial charge in [-0.3, -0.25) is 0 Å². The van der Waals surface area contributed by atoms with Crippen LogP contribution in [0, 0.1) is 5.92 Å². The van der Waals surface area contributed by atoms with E-state index in [1.165, 1.54) is 0 Å². The highest BCUT2D eigenvalue weighted by Crippen LogP contribution is 2.57. The summed E-state index contributed by atoms with van der Waals surface area (Å²) in [6.45, 7) is 7.28. The van der Waals surface area contributed by atoms with E-state index < -0.39 is 0 Å². The van der Waals surface area contributed by atoms with Gasteiger partial charge < -0.3 is 9.47 Å². The Bertz CT molecular complexity index is 535. The van der Waals surface area contributed by atoms with Crippen molar-refractivity contribution in [2.75, 3.05) is 0 Å². The van der Waals surface area contributed by atoms with Gasteiger partial charge in [-0.05, 0) is 30.9 Å². The second-order valence-electron chi connectivity index (χ2n) is 6.79. The Balaban J connectivity index is 1.73. The number of fused-ring (bicyclic) bond motifs is 2. The fourth-order valence-corrected chi connectivity index (χ4v) is 5.86. The van der Waals surface area contributed by atoms with E-state index in [0.29, 0.717) is 16.4 Å². The van der Waals surface area contributed by atoms with E-state index in [-0.39, 0.29) is 17.3 Å². The van der Waals surface area contributed by atoms with Crippen LogP contribution >= 0.6 is 34.2 Å². The van der Waals surface area contributed by atoms with Gasteiger partial charge in [0.15, 0.2) is 0 Å². The molecule has 0 radical (unpaired) electrons. The molecule has 2 aliphatic rings. The molecular weight excluding hydrogens is 399 g/mol. The highest BCUT2D eigenvalue weighted by atomic mass is 127. The van der Waals surface area contributed by atoms with Crippen molar-refractivity contribution in [3.05, 3.63) is 34.9 Å². The highest BCUT2D eigenvalue weighted by Gasteiger charge is 2.65.